The van der Waals surface area contributed by atoms with Crippen molar-refractivity contribution in [2.24, 2.45) is 0 Å². The molecule has 0 bridgehead atoms. The molecule has 3 heteroatoms. The van der Waals surface area contributed by atoms with E-state index in [4.69, 9.17) is 0 Å². The highest BCUT2D eigenvalue weighted by molar-refractivity contribution is 8.00. The Morgan fingerprint density at radius 1 is 1.69 bits per heavy atom. The molecule has 1 unspecified atom stereocenters. The highest BCUT2D eigenvalue weighted by Crippen LogP contribution is 2.39. The van der Waals surface area contributed by atoms with E-state index in [1.807, 2.05) is 11.8 Å². The predicted molar refractivity (Wildman–Crippen MR) is 55.5 cm³/mol. The molecule has 0 aromatic heterocycles. The van der Waals surface area contributed by atoms with Crippen molar-refractivity contribution in [2.75, 3.05) is 5.75 Å². The third-order valence-electron chi connectivity index (χ3n) is 2.84. The van der Waals surface area contributed by atoms with E-state index >= 15 is 0 Å². The van der Waals surface area contributed by atoms with Crippen molar-refractivity contribution >= 4 is 17.5 Å². The van der Waals surface area contributed by atoms with E-state index in [2.05, 4.69) is 11.5 Å². The minimum atomic E-state index is 0.114. The molecule has 0 aliphatic carbocycles. The number of rotatable bonds is 1. The molecule has 0 N–H and O–H groups in total. The zero-order chi connectivity index (χ0) is 9.42. The molecule has 0 amide bonds. The van der Waals surface area contributed by atoms with Crippen LogP contribution in [0.5, 0.6) is 0 Å². The number of hydrogen-bond donors (Lipinski definition) is 0. The first-order valence-corrected chi connectivity index (χ1v) is 5.83. The molecular formula is C10H15NOS. The van der Waals surface area contributed by atoms with Gasteiger partial charge in [0.05, 0.1) is 11.4 Å². The number of fused-ring (bicyclic) bond motifs is 1. The first-order valence-electron chi connectivity index (χ1n) is 4.78. The maximum Gasteiger partial charge on any atom is 0.153 e. The lowest BCUT2D eigenvalue weighted by molar-refractivity contribution is -0.120. The van der Waals surface area contributed by atoms with E-state index in [0.717, 1.165) is 12.2 Å². The van der Waals surface area contributed by atoms with E-state index < -0.39 is 0 Å². The molecule has 2 rings (SSSR count). The lowest BCUT2D eigenvalue weighted by Crippen LogP contribution is -2.41. The van der Waals surface area contributed by atoms with E-state index in [0.29, 0.717) is 5.37 Å². The fraction of sp³-hybridized carbons (Fsp3) is 0.700. The van der Waals surface area contributed by atoms with Crippen LogP contribution < -0.4 is 0 Å². The largest absolute Gasteiger partial charge is 0.353 e. The van der Waals surface area contributed by atoms with Crippen LogP contribution >= 0.6 is 11.8 Å². The van der Waals surface area contributed by atoms with Crippen LogP contribution in [0.25, 0.3) is 0 Å². The third kappa shape index (κ3) is 1.50. The molecule has 2 fully saturated rings. The molecule has 0 aromatic carbocycles. The van der Waals surface area contributed by atoms with Crippen LogP contribution in [0, 0.1) is 0 Å². The number of piperidine rings is 1. The average Bonchev–Trinajstić information content (AvgIpc) is 2.49. The number of carbonyl (C=O) groups excluding carboxylic acids is 1. The zero-order valence-electron chi connectivity index (χ0n) is 7.95. The van der Waals surface area contributed by atoms with Gasteiger partial charge < -0.3 is 4.90 Å². The molecule has 0 aromatic rings. The van der Waals surface area contributed by atoms with Gasteiger partial charge in [0.2, 0.25) is 0 Å². The summed E-state index contributed by atoms with van der Waals surface area (Å²) in [4.78, 5) is 13.6. The fourth-order valence-corrected chi connectivity index (χ4v) is 3.72. The first-order chi connectivity index (χ1) is 6.20. The first kappa shape index (κ1) is 9.13. The second-order valence-electron chi connectivity index (χ2n) is 3.78. The number of hydrogen-bond acceptors (Lipinski definition) is 3. The Hall–Kier alpha value is -0.440. The van der Waals surface area contributed by atoms with Crippen molar-refractivity contribution in [2.45, 2.75) is 37.6 Å². The summed E-state index contributed by atoms with van der Waals surface area (Å²) in [6, 6.07) is 0.114. The molecule has 2 nitrogen and oxygen atoms in total. The Morgan fingerprint density at radius 3 is 3.15 bits per heavy atom. The second kappa shape index (κ2) is 3.37. The van der Waals surface area contributed by atoms with Crippen LogP contribution in [-0.4, -0.2) is 27.9 Å². The molecule has 13 heavy (non-hydrogen) atoms. The number of allylic oxidation sites excluding steroid dienone is 1. The lowest BCUT2D eigenvalue weighted by Gasteiger charge is -2.35. The van der Waals surface area contributed by atoms with Gasteiger partial charge in [0.1, 0.15) is 0 Å². The van der Waals surface area contributed by atoms with Gasteiger partial charge in [-0.15, -0.1) is 11.8 Å². The van der Waals surface area contributed by atoms with Crippen molar-refractivity contribution in [3.63, 3.8) is 0 Å². The van der Waals surface area contributed by atoms with Crippen molar-refractivity contribution < 1.29 is 4.79 Å². The Bertz CT molecular complexity index is 251. The molecule has 2 aliphatic heterocycles. The summed E-state index contributed by atoms with van der Waals surface area (Å²) >= 11 is 1.91. The quantitative estimate of drug-likeness (QED) is 0.641. The zero-order valence-corrected chi connectivity index (χ0v) is 8.77. The highest BCUT2D eigenvalue weighted by atomic mass is 32.2. The van der Waals surface area contributed by atoms with Crippen LogP contribution in [-0.2, 0) is 4.79 Å². The average molecular weight is 197 g/mol. The second-order valence-corrected chi connectivity index (χ2v) is 4.99. The monoisotopic (exact) mass is 197 g/mol. The van der Waals surface area contributed by atoms with Gasteiger partial charge in [-0.1, -0.05) is 6.58 Å². The molecule has 2 saturated heterocycles. The summed E-state index contributed by atoms with van der Waals surface area (Å²) in [7, 11) is 0. The van der Waals surface area contributed by atoms with Crippen LogP contribution in [0.1, 0.15) is 26.2 Å². The Labute approximate surface area is 83.4 Å². The highest BCUT2D eigenvalue weighted by Gasteiger charge is 2.38. The number of thioether (sulfide) groups is 1. The van der Waals surface area contributed by atoms with Crippen LogP contribution in [0.3, 0.4) is 0 Å². The van der Waals surface area contributed by atoms with Gasteiger partial charge in [0, 0.05) is 11.4 Å². The molecule has 0 spiro atoms. The Balaban J connectivity index is 2.18. The van der Waals surface area contributed by atoms with E-state index in [1.54, 1.807) is 6.92 Å². The Morgan fingerprint density at radius 2 is 2.46 bits per heavy atom. The van der Waals surface area contributed by atoms with E-state index in [-0.39, 0.29) is 11.8 Å². The molecule has 2 atom stereocenters. The summed E-state index contributed by atoms with van der Waals surface area (Å²) in [5, 5.41) is 0.537. The summed E-state index contributed by atoms with van der Waals surface area (Å²) < 4.78 is 0. The molecular weight excluding hydrogens is 182 g/mol. The summed E-state index contributed by atoms with van der Waals surface area (Å²) in [5.41, 5.74) is 1.17. The number of nitrogens with zero attached hydrogens (tertiary/aromatic N) is 1. The van der Waals surface area contributed by atoms with Gasteiger partial charge in [0.25, 0.3) is 0 Å². The standard InChI is InChI=1S/C10H15NOS/c1-7-4-3-5-10-11(7)9(6-13-10)8(2)12/h9-10H,1,3-6H2,2H3/t9-,10?/m1/s1. The maximum absolute atomic E-state index is 11.4. The minimum Gasteiger partial charge on any atom is -0.353 e. The predicted octanol–water partition coefficient (Wildman–Crippen LogP) is 2.02. The maximum atomic E-state index is 11.4. The molecule has 0 saturated carbocycles. The van der Waals surface area contributed by atoms with Gasteiger partial charge in [-0.05, 0) is 26.2 Å². The van der Waals surface area contributed by atoms with Gasteiger partial charge >= 0.3 is 0 Å². The van der Waals surface area contributed by atoms with E-state index in [1.165, 1.54) is 18.5 Å². The van der Waals surface area contributed by atoms with E-state index in [9.17, 15) is 4.79 Å². The third-order valence-corrected chi connectivity index (χ3v) is 4.20. The van der Waals surface area contributed by atoms with Crippen LogP contribution in [0.15, 0.2) is 12.3 Å². The van der Waals surface area contributed by atoms with Gasteiger partial charge in [-0.3, -0.25) is 4.79 Å². The minimum absolute atomic E-state index is 0.114. The number of Topliss-reactive ketones (excluding diaryl/α,β-unsaturated/α-hetero) is 1. The Kier molecular flexibility index (Phi) is 2.37. The molecule has 72 valence electrons. The van der Waals surface area contributed by atoms with Gasteiger partial charge in [0.15, 0.2) is 5.78 Å². The lowest BCUT2D eigenvalue weighted by atomic mass is 10.0. The van der Waals surface area contributed by atoms with Crippen LogP contribution in [0.2, 0.25) is 0 Å². The molecule has 0 radical (unpaired) electrons. The molecule has 2 heterocycles. The summed E-state index contributed by atoms with van der Waals surface area (Å²) in [6.45, 7) is 5.74. The van der Waals surface area contributed by atoms with Gasteiger partial charge in [-0.2, -0.15) is 0 Å². The van der Waals surface area contributed by atoms with Gasteiger partial charge in [-0.25, -0.2) is 0 Å². The van der Waals surface area contributed by atoms with Crippen molar-refractivity contribution in [1.82, 2.24) is 4.90 Å². The summed E-state index contributed by atoms with van der Waals surface area (Å²) in [6.07, 6.45) is 3.52. The number of carbonyl (C=O) groups is 1. The summed E-state index contributed by atoms with van der Waals surface area (Å²) in [5.74, 6) is 1.25. The van der Waals surface area contributed by atoms with Crippen molar-refractivity contribution in [3.8, 4) is 0 Å². The van der Waals surface area contributed by atoms with Crippen LogP contribution in [0.4, 0.5) is 0 Å². The molecule has 2 aliphatic rings. The van der Waals surface area contributed by atoms with Crippen molar-refractivity contribution in [1.29, 1.82) is 0 Å². The van der Waals surface area contributed by atoms with Crippen molar-refractivity contribution in [3.05, 3.63) is 12.3 Å². The smallest absolute Gasteiger partial charge is 0.153 e. The SMILES string of the molecule is C=C1CCCC2SC[C@H](C(C)=O)N12. The fourth-order valence-electron chi connectivity index (χ4n) is 2.13. The normalized spacial score (nSPS) is 33.3. The number of ketones is 1. The topological polar surface area (TPSA) is 20.3 Å².